The van der Waals surface area contributed by atoms with Crippen LogP contribution in [0.2, 0.25) is 0 Å². The van der Waals surface area contributed by atoms with E-state index < -0.39 is 0 Å². The van der Waals surface area contributed by atoms with Crippen LogP contribution in [0.3, 0.4) is 0 Å². The first-order valence-electron chi connectivity index (χ1n) is 5.79. The first-order valence-corrected chi connectivity index (χ1v) is 5.79. The molecule has 0 N–H and O–H groups in total. The molecule has 1 amide bonds. The number of rotatable bonds is 5. The average molecular weight is 215 g/mol. The van der Waals surface area contributed by atoms with Crippen molar-refractivity contribution in [1.29, 1.82) is 0 Å². The molecule has 0 saturated heterocycles. The molecule has 0 aromatic rings. The highest BCUT2D eigenvalue weighted by Gasteiger charge is 2.30. The molecule has 0 spiro atoms. The number of hydrogen-bond donors (Lipinski definition) is 0. The van der Waals surface area contributed by atoms with Crippen LogP contribution in [0.1, 0.15) is 48.0 Å². The molecule has 0 saturated carbocycles. The van der Waals surface area contributed by atoms with Gasteiger partial charge < -0.3 is 9.64 Å². The Bertz CT molecular complexity index is 200. The van der Waals surface area contributed by atoms with E-state index in [1.54, 1.807) is 0 Å². The van der Waals surface area contributed by atoms with E-state index >= 15 is 0 Å². The van der Waals surface area contributed by atoms with E-state index in [2.05, 4.69) is 34.6 Å². The highest BCUT2D eigenvalue weighted by Crippen LogP contribution is 2.21. The Morgan fingerprint density at radius 2 is 1.87 bits per heavy atom. The van der Waals surface area contributed by atoms with Crippen LogP contribution in [0, 0.1) is 5.92 Å². The number of hydrogen-bond acceptors (Lipinski definition) is 2. The molecule has 0 aliphatic heterocycles. The molecular weight excluding hydrogens is 190 g/mol. The molecule has 0 aromatic carbocycles. The Hall–Kier alpha value is -0.730. The molecule has 0 aliphatic carbocycles. The fraction of sp³-hybridized carbons (Fsp3) is 0.917. The van der Waals surface area contributed by atoms with Crippen LogP contribution in [0.4, 0.5) is 4.79 Å². The summed E-state index contributed by atoms with van der Waals surface area (Å²) in [4.78, 5) is 13.6. The smallest absolute Gasteiger partial charge is 0.410 e. The largest absolute Gasteiger partial charge is 0.450 e. The summed E-state index contributed by atoms with van der Waals surface area (Å²) in [5.41, 5.74) is -0.128. The predicted molar refractivity (Wildman–Crippen MR) is 62.9 cm³/mol. The van der Waals surface area contributed by atoms with Gasteiger partial charge in [0, 0.05) is 12.1 Å². The summed E-state index contributed by atoms with van der Waals surface area (Å²) in [6, 6.07) is 0. The quantitative estimate of drug-likeness (QED) is 0.704. The highest BCUT2D eigenvalue weighted by atomic mass is 16.6. The molecule has 0 fully saturated rings. The van der Waals surface area contributed by atoms with Gasteiger partial charge in [0.25, 0.3) is 0 Å². The Morgan fingerprint density at radius 1 is 1.33 bits per heavy atom. The molecule has 0 unspecified atom stereocenters. The second-order valence-electron chi connectivity index (χ2n) is 4.87. The van der Waals surface area contributed by atoms with Gasteiger partial charge in [-0.25, -0.2) is 4.79 Å². The minimum Gasteiger partial charge on any atom is -0.450 e. The molecule has 90 valence electrons. The van der Waals surface area contributed by atoms with Gasteiger partial charge in [0.15, 0.2) is 0 Å². The number of ether oxygens (including phenoxy) is 1. The summed E-state index contributed by atoms with van der Waals surface area (Å²) >= 11 is 0. The van der Waals surface area contributed by atoms with Gasteiger partial charge in [-0.2, -0.15) is 0 Å². The summed E-state index contributed by atoms with van der Waals surface area (Å²) in [6.45, 7) is 13.5. The molecule has 0 radical (unpaired) electrons. The van der Waals surface area contributed by atoms with Gasteiger partial charge in [0.1, 0.15) is 0 Å². The van der Waals surface area contributed by atoms with Crippen molar-refractivity contribution < 1.29 is 9.53 Å². The van der Waals surface area contributed by atoms with Crippen molar-refractivity contribution in [3.05, 3.63) is 0 Å². The molecule has 3 nitrogen and oxygen atoms in total. The van der Waals surface area contributed by atoms with E-state index in [0.29, 0.717) is 12.5 Å². The highest BCUT2D eigenvalue weighted by molar-refractivity contribution is 5.68. The third-order valence-corrected chi connectivity index (χ3v) is 2.63. The Balaban J connectivity index is 4.64. The topological polar surface area (TPSA) is 29.5 Å². The van der Waals surface area contributed by atoms with E-state index in [1.165, 1.54) is 0 Å². The third-order valence-electron chi connectivity index (χ3n) is 2.63. The van der Waals surface area contributed by atoms with Crippen LogP contribution in [0.5, 0.6) is 0 Å². The lowest BCUT2D eigenvalue weighted by molar-refractivity contribution is 0.0569. The van der Waals surface area contributed by atoms with Gasteiger partial charge >= 0.3 is 6.09 Å². The molecule has 0 heterocycles. The number of carbonyl (C=O) groups is 1. The zero-order valence-electron chi connectivity index (χ0n) is 11.0. The maximum absolute atomic E-state index is 11.8. The third kappa shape index (κ3) is 4.54. The number of nitrogens with zero attached hydrogens (tertiary/aromatic N) is 1. The van der Waals surface area contributed by atoms with Crippen LogP contribution in [0.25, 0.3) is 0 Å². The van der Waals surface area contributed by atoms with Crippen LogP contribution >= 0.6 is 0 Å². The van der Waals surface area contributed by atoms with Crippen molar-refractivity contribution >= 4 is 6.09 Å². The van der Waals surface area contributed by atoms with Crippen LogP contribution in [0.15, 0.2) is 0 Å². The summed E-state index contributed by atoms with van der Waals surface area (Å²) in [7, 11) is 0. The minimum atomic E-state index is -0.196. The average Bonchev–Trinajstić information content (AvgIpc) is 2.14. The van der Waals surface area contributed by atoms with Crippen molar-refractivity contribution in [2.24, 2.45) is 5.92 Å². The molecule has 3 heteroatoms. The molecular formula is C12H25NO2. The summed E-state index contributed by atoms with van der Waals surface area (Å²) in [6.07, 6.45) is 0.733. The summed E-state index contributed by atoms with van der Waals surface area (Å²) in [5.74, 6) is 0.459. The monoisotopic (exact) mass is 215 g/mol. The zero-order valence-corrected chi connectivity index (χ0v) is 11.0. The second kappa shape index (κ2) is 5.99. The SMILES string of the molecule is CCOC(=O)N(CC(C)C)C(C)(C)CC. The van der Waals surface area contributed by atoms with E-state index in [9.17, 15) is 4.79 Å². The van der Waals surface area contributed by atoms with Crippen LogP contribution in [-0.4, -0.2) is 29.7 Å². The normalized spacial score (nSPS) is 11.7. The minimum absolute atomic E-state index is 0.128. The zero-order chi connectivity index (χ0) is 12.1. The number of amides is 1. The van der Waals surface area contributed by atoms with Crippen LogP contribution in [-0.2, 0) is 4.74 Å². The fourth-order valence-corrected chi connectivity index (χ4v) is 1.33. The molecule has 0 rings (SSSR count). The first kappa shape index (κ1) is 14.3. The van der Waals surface area contributed by atoms with Gasteiger partial charge in [-0.3, -0.25) is 0 Å². The molecule has 0 aliphatic rings. The van der Waals surface area contributed by atoms with E-state index in [-0.39, 0.29) is 11.6 Å². The van der Waals surface area contributed by atoms with Gasteiger partial charge in [0.05, 0.1) is 6.61 Å². The molecule has 15 heavy (non-hydrogen) atoms. The van der Waals surface area contributed by atoms with Crippen molar-refractivity contribution in [2.45, 2.75) is 53.5 Å². The molecule has 0 aromatic heterocycles. The van der Waals surface area contributed by atoms with Gasteiger partial charge in [-0.1, -0.05) is 20.8 Å². The maximum atomic E-state index is 11.8. The lowest BCUT2D eigenvalue weighted by Gasteiger charge is -2.38. The van der Waals surface area contributed by atoms with E-state index in [4.69, 9.17) is 4.74 Å². The van der Waals surface area contributed by atoms with Gasteiger partial charge in [-0.15, -0.1) is 0 Å². The van der Waals surface area contributed by atoms with Crippen molar-refractivity contribution in [1.82, 2.24) is 4.90 Å². The second-order valence-corrected chi connectivity index (χ2v) is 4.87. The van der Waals surface area contributed by atoms with Crippen molar-refractivity contribution in [3.8, 4) is 0 Å². The Kier molecular flexibility index (Phi) is 5.69. The van der Waals surface area contributed by atoms with Gasteiger partial charge in [-0.05, 0) is 33.1 Å². The number of carbonyl (C=O) groups excluding carboxylic acids is 1. The Morgan fingerprint density at radius 3 is 2.20 bits per heavy atom. The fourth-order valence-electron chi connectivity index (χ4n) is 1.33. The maximum Gasteiger partial charge on any atom is 0.410 e. The standard InChI is InChI=1S/C12H25NO2/c1-7-12(5,6)13(9-10(3)4)11(14)15-8-2/h10H,7-9H2,1-6H3. The molecule has 0 bridgehead atoms. The van der Waals surface area contributed by atoms with Crippen LogP contribution < -0.4 is 0 Å². The predicted octanol–water partition coefficient (Wildman–Crippen LogP) is 3.29. The van der Waals surface area contributed by atoms with E-state index in [0.717, 1.165) is 13.0 Å². The Labute approximate surface area is 93.8 Å². The lowest BCUT2D eigenvalue weighted by Crippen LogP contribution is -2.49. The van der Waals surface area contributed by atoms with Gasteiger partial charge in [0.2, 0.25) is 0 Å². The summed E-state index contributed by atoms with van der Waals surface area (Å²) in [5, 5.41) is 0. The van der Waals surface area contributed by atoms with E-state index in [1.807, 2.05) is 11.8 Å². The first-order chi connectivity index (χ1) is 6.85. The van der Waals surface area contributed by atoms with Crippen molar-refractivity contribution in [3.63, 3.8) is 0 Å². The lowest BCUT2D eigenvalue weighted by atomic mass is 9.98. The van der Waals surface area contributed by atoms with Crippen molar-refractivity contribution in [2.75, 3.05) is 13.2 Å². The molecule has 0 atom stereocenters. The summed E-state index contributed by atoms with van der Waals surface area (Å²) < 4.78 is 5.08.